The predicted octanol–water partition coefficient (Wildman–Crippen LogP) is 1.35. The Hall–Kier alpha value is -0.710. The first-order valence-electron chi connectivity index (χ1n) is 5.05. The second-order valence-corrected chi connectivity index (χ2v) is 4.46. The van der Waals surface area contributed by atoms with E-state index in [0.29, 0.717) is 12.2 Å². The highest BCUT2D eigenvalue weighted by Crippen LogP contribution is 2.06. The second kappa shape index (κ2) is 7.56. The van der Waals surface area contributed by atoms with Crippen molar-refractivity contribution in [3.05, 3.63) is 0 Å². The van der Waals surface area contributed by atoms with Crippen molar-refractivity contribution < 1.29 is 14.7 Å². The minimum atomic E-state index is -0.957. The molecular formula is C10H19NO3S. The normalized spacial score (nSPS) is 14.3. The number of hydrogen-bond acceptors (Lipinski definition) is 3. The number of carboxylic acid groups (broad SMARTS) is 1. The molecule has 0 aromatic heterocycles. The molecule has 1 amide bonds. The topological polar surface area (TPSA) is 66.4 Å². The molecule has 2 atom stereocenters. The van der Waals surface area contributed by atoms with E-state index in [9.17, 15) is 9.59 Å². The Kier molecular flexibility index (Phi) is 7.21. The van der Waals surface area contributed by atoms with E-state index in [1.54, 1.807) is 18.7 Å². The number of carbonyl (C=O) groups excluding carboxylic acids is 1. The minimum absolute atomic E-state index is 0.140. The van der Waals surface area contributed by atoms with Crippen molar-refractivity contribution >= 4 is 23.6 Å². The van der Waals surface area contributed by atoms with Crippen molar-refractivity contribution in [3.8, 4) is 0 Å². The summed E-state index contributed by atoms with van der Waals surface area (Å²) in [6, 6.07) is -0.744. The number of rotatable bonds is 7. The standard InChI is InChI=1S/C10H19NO3S/c1-4-5-8(10(13)14)11-9(12)7(2)6-15-3/h7-8H,4-6H2,1-3H3,(H,11,12)(H,13,14). The predicted molar refractivity (Wildman–Crippen MR) is 62.0 cm³/mol. The molecular weight excluding hydrogens is 214 g/mol. The van der Waals surface area contributed by atoms with Gasteiger partial charge in [0, 0.05) is 11.7 Å². The lowest BCUT2D eigenvalue weighted by Crippen LogP contribution is -2.43. The zero-order valence-electron chi connectivity index (χ0n) is 9.45. The van der Waals surface area contributed by atoms with Gasteiger partial charge in [-0.3, -0.25) is 4.79 Å². The fourth-order valence-corrected chi connectivity index (χ4v) is 1.84. The van der Waals surface area contributed by atoms with Crippen molar-refractivity contribution in [2.45, 2.75) is 32.7 Å². The molecule has 0 saturated carbocycles. The van der Waals surface area contributed by atoms with E-state index in [2.05, 4.69) is 5.32 Å². The van der Waals surface area contributed by atoms with Crippen molar-refractivity contribution in [3.63, 3.8) is 0 Å². The maximum Gasteiger partial charge on any atom is 0.326 e. The largest absolute Gasteiger partial charge is 0.480 e. The number of amides is 1. The molecule has 0 aliphatic rings. The van der Waals surface area contributed by atoms with E-state index in [1.165, 1.54) is 0 Å². The molecule has 5 heteroatoms. The Morgan fingerprint density at radius 3 is 2.47 bits per heavy atom. The Morgan fingerprint density at radius 2 is 2.07 bits per heavy atom. The maximum atomic E-state index is 11.5. The van der Waals surface area contributed by atoms with Crippen molar-refractivity contribution in [1.82, 2.24) is 5.32 Å². The zero-order chi connectivity index (χ0) is 11.8. The van der Waals surface area contributed by atoms with Gasteiger partial charge in [-0.1, -0.05) is 20.3 Å². The van der Waals surface area contributed by atoms with Gasteiger partial charge in [0.25, 0.3) is 0 Å². The first-order chi connectivity index (χ1) is 7.02. The molecule has 0 saturated heterocycles. The smallest absolute Gasteiger partial charge is 0.326 e. The molecule has 0 bridgehead atoms. The summed E-state index contributed by atoms with van der Waals surface area (Å²) in [6.07, 6.45) is 3.14. The summed E-state index contributed by atoms with van der Waals surface area (Å²) in [5.74, 6) is -0.560. The third kappa shape index (κ3) is 5.67. The van der Waals surface area contributed by atoms with E-state index in [-0.39, 0.29) is 11.8 Å². The summed E-state index contributed by atoms with van der Waals surface area (Å²) in [5.41, 5.74) is 0. The van der Waals surface area contributed by atoms with Crippen LogP contribution in [0.3, 0.4) is 0 Å². The van der Waals surface area contributed by atoms with Crippen LogP contribution < -0.4 is 5.32 Å². The highest BCUT2D eigenvalue weighted by molar-refractivity contribution is 7.98. The lowest BCUT2D eigenvalue weighted by molar-refractivity contribution is -0.142. The molecule has 0 aliphatic heterocycles. The van der Waals surface area contributed by atoms with E-state index in [1.807, 2.05) is 13.2 Å². The number of carboxylic acids is 1. The van der Waals surface area contributed by atoms with E-state index in [0.717, 1.165) is 6.42 Å². The molecule has 88 valence electrons. The van der Waals surface area contributed by atoms with Gasteiger partial charge in [-0.2, -0.15) is 11.8 Å². The van der Waals surface area contributed by atoms with Crippen molar-refractivity contribution in [2.24, 2.45) is 5.92 Å². The molecule has 0 fully saturated rings. The fraction of sp³-hybridized carbons (Fsp3) is 0.800. The van der Waals surface area contributed by atoms with Gasteiger partial charge in [0.05, 0.1) is 0 Å². The van der Waals surface area contributed by atoms with E-state index in [4.69, 9.17) is 5.11 Å². The van der Waals surface area contributed by atoms with E-state index >= 15 is 0 Å². The van der Waals surface area contributed by atoms with Gasteiger partial charge in [-0.05, 0) is 12.7 Å². The fourth-order valence-electron chi connectivity index (χ4n) is 1.19. The van der Waals surface area contributed by atoms with Crippen LogP contribution in [-0.4, -0.2) is 35.0 Å². The van der Waals surface area contributed by atoms with Gasteiger partial charge >= 0.3 is 5.97 Å². The van der Waals surface area contributed by atoms with Crippen molar-refractivity contribution in [2.75, 3.05) is 12.0 Å². The summed E-state index contributed by atoms with van der Waals surface area (Å²) in [6.45, 7) is 3.70. The monoisotopic (exact) mass is 233 g/mol. The second-order valence-electron chi connectivity index (χ2n) is 3.54. The average molecular weight is 233 g/mol. The first-order valence-corrected chi connectivity index (χ1v) is 6.44. The summed E-state index contributed by atoms with van der Waals surface area (Å²) < 4.78 is 0. The lowest BCUT2D eigenvalue weighted by atomic mass is 10.1. The van der Waals surface area contributed by atoms with Gasteiger partial charge in [-0.25, -0.2) is 4.79 Å². The summed E-state index contributed by atoms with van der Waals surface area (Å²) in [4.78, 5) is 22.3. The van der Waals surface area contributed by atoms with Crippen LogP contribution in [0.25, 0.3) is 0 Å². The zero-order valence-corrected chi connectivity index (χ0v) is 10.3. The van der Waals surface area contributed by atoms with Crippen LogP contribution in [0.2, 0.25) is 0 Å². The van der Waals surface area contributed by atoms with Crippen LogP contribution in [-0.2, 0) is 9.59 Å². The third-order valence-corrected chi connectivity index (χ3v) is 2.89. The molecule has 0 aliphatic carbocycles. The summed E-state index contributed by atoms with van der Waals surface area (Å²) in [7, 11) is 0. The Labute approximate surface area is 94.8 Å². The number of thioether (sulfide) groups is 1. The van der Waals surface area contributed by atoms with Gasteiger partial charge in [-0.15, -0.1) is 0 Å². The van der Waals surface area contributed by atoms with Crippen LogP contribution in [0.15, 0.2) is 0 Å². The van der Waals surface area contributed by atoms with Crippen molar-refractivity contribution in [1.29, 1.82) is 0 Å². The Balaban J connectivity index is 4.15. The number of aliphatic carboxylic acids is 1. The highest BCUT2D eigenvalue weighted by atomic mass is 32.2. The Morgan fingerprint density at radius 1 is 1.47 bits per heavy atom. The van der Waals surface area contributed by atoms with Gasteiger partial charge in [0.1, 0.15) is 6.04 Å². The van der Waals surface area contributed by atoms with Gasteiger partial charge in [0.15, 0.2) is 0 Å². The molecule has 0 rings (SSSR count). The van der Waals surface area contributed by atoms with Crippen LogP contribution in [0, 0.1) is 5.92 Å². The molecule has 0 aromatic rings. The molecule has 0 aromatic carbocycles. The van der Waals surface area contributed by atoms with Gasteiger partial charge < -0.3 is 10.4 Å². The summed E-state index contributed by atoms with van der Waals surface area (Å²) >= 11 is 1.58. The van der Waals surface area contributed by atoms with E-state index < -0.39 is 12.0 Å². The third-order valence-electron chi connectivity index (χ3n) is 2.06. The number of hydrogen-bond donors (Lipinski definition) is 2. The number of nitrogens with one attached hydrogen (secondary N) is 1. The average Bonchev–Trinajstić information content (AvgIpc) is 2.17. The number of carbonyl (C=O) groups is 2. The molecule has 0 spiro atoms. The first kappa shape index (κ1) is 14.3. The molecule has 0 radical (unpaired) electrons. The van der Waals surface area contributed by atoms with Crippen LogP contribution in [0.5, 0.6) is 0 Å². The quantitative estimate of drug-likeness (QED) is 0.696. The molecule has 0 heterocycles. The molecule has 2 N–H and O–H groups in total. The molecule has 4 nitrogen and oxygen atoms in total. The van der Waals surface area contributed by atoms with Crippen LogP contribution in [0.4, 0.5) is 0 Å². The SMILES string of the molecule is CCCC(NC(=O)C(C)CSC)C(=O)O. The Bertz CT molecular complexity index is 221. The lowest BCUT2D eigenvalue weighted by Gasteiger charge is -2.16. The molecule has 15 heavy (non-hydrogen) atoms. The van der Waals surface area contributed by atoms with Crippen LogP contribution in [0.1, 0.15) is 26.7 Å². The minimum Gasteiger partial charge on any atom is -0.480 e. The summed E-state index contributed by atoms with van der Waals surface area (Å²) in [5, 5.41) is 11.4. The van der Waals surface area contributed by atoms with Crippen LogP contribution >= 0.6 is 11.8 Å². The van der Waals surface area contributed by atoms with Gasteiger partial charge in [0.2, 0.25) is 5.91 Å². The highest BCUT2D eigenvalue weighted by Gasteiger charge is 2.21. The maximum absolute atomic E-state index is 11.5. The molecule has 2 unspecified atom stereocenters.